The molecule has 0 aliphatic heterocycles. The highest BCUT2D eigenvalue weighted by atomic mass is 16.5. The van der Waals surface area contributed by atoms with Gasteiger partial charge in [0.2, 0.25) is 0 Å². The van der Waals surface area contributed by atoms with Crippen molar-refractivity contribution < 1.29 is 29.3 Å². The lowest BCUT2D eigenvalue weighted by molar-refractivity contribution is -0.191. The van der Waals surface area contributed by atoms with Crippen LogP contribution in [-0.4, -0.2) is 41.7 Å². The first-order chi connectivity index (χ1) is 12.9. The molecule has 2 aliphatic rings. The van der Waals surface area contributed by atoms with Crippen LogP contribution in [0.1, 0.15) is 65.2 Å². The highest BCUT2D eigenvalue weighted by molar-refractivity contribution is 5.37. The van der Waals surface area contributed by atoms with E-state index in [0.29, 0.717) is 13.1 Å². The van der Waals surface area contributed by atoms with Gasteiger partial charge in [0.25, 0.3) is 6.47 Å². The van der Waals surface area contributed by atoms with E-state index in [1.807, 2.05) is 18.2 Å². The number of rotatable bonds is 3. The third-order valence-electron chi connectivity index (χ3n) is 4.84. The largest absolute Gasteiger partial charge is 0.467 e. The Morgan fingerprint density at radius 3 is 2.33 bits per heavy atom. The highest BCUT2D eigenvalue weighted by Gasteiger charge is 2.25. The van der Waals surface area contributed by atoms with Gasteiger partial charge >= 0.3 is 6.15 Å². The van der Waals surface area contributed by atoms with Gasteiger partial charge in [0.1, 0.15) is 0 Å². The molecule has 27 heavy (non-hydrogen) atoms. The minimum absolute atomic E-state index is 0.0392. The van der Waals surface area contributed by atoms with E-state index in [2.05, 4.69) is 19.9 Å². The molecule has 0 aromatic rings. The second-order valence-electron chi connectivity index (χ2n) is 7.66. The SMILES string of the molecule is CC1(COC=O)C/C=C/C(O)CCC1.CC1C/C=C/C(O)CCC1.O=C=O. The van der Waals surface area contributed by atoms with Crippen LogP contribution in [0.2, 0.25) is 0 Å². The Labute approximate surface area is 162 Å². The molecule has 0 heterocycles. The molecular weight excluding hydrogens is 348 g/mol. The third-order valence-corrected chi connectivity index (χ3v) is 4.84. The van der Waals surface area contributed by atoms with E-state index in [1.165, 1.54) is 12.8 Å². The van der Waals surface area contributed by atoms with Crippen LogP contribution < -0.4 is 0 Å². The Hall–Kier alpha value is -1.75. The van der Waals surface area contributed by atoms with Crippen molar-refractivity contribution in [2.75, 3.05) is 6.61 Å². The topological polar surface area (TPSA) is 101 Å². The summed E-state index contributed by atoms with van der Waals surface area (Å²) in [6.07, 6.45) is 15.8. The van der Waals surface area contributed by atoms with Crippen LogP contribution in [-0.2, 0) is 19.1 Å². The number of aliphatic hydroxyl groups excluding tert-OH is 2. The predicted octanol–water partition coefficient (Wildman–Crippen LogP) is 3.19. The van der Waals surface area contributed by atoms with Gasteiger partial charge in [-0.3, -0.25) is 4.79 Å². The van der Waals surface area contributed by atoms with E-state index in [0.717, 1.165) is 44.4 Å². The molecule has 6 heteroatoms. The first-order valence-corrected chi connectivity index (χ1v) is 9.61. The van der Waals surface area contributed by atoms with Crippen LogP contribution in [0.3, 0.4) is 0 Å². The number of ether oxygens (including phenoxy) is 1. The molecule has 6 nitrogen and oxygen atoms in total. The smallest absolute Gasteiger partial charge is 0.373 e. The maximum Gasteiger partial charge on any atom is 0.373 e. The van der Waals surface area contributed by atoms with Crippen molar-refractivity contribution in [2.24, 2.45) is 11.3 Å². The average Bonchev–Trinajstić information content (AvgIpc) is 2.58. The zero-order valence-electron chi connectivity index (χ0n) is 16.5. The molecule has 2 aliphatic carbocycles. The standard InChI is InChI=1S/C11H18O3.C9H16O.CO2/c1-11(8-14-9-12)6-2-4-10(13)5-3-7-11;1-8-4-2-6-9(10)7-3-5-8;2-1-3/h2,4,9-10,13H,3,5-8H2,1H3;2,6,8-10H,3-5,7H2,1H3;/b4-2+;6-2+;. The summed E-state index contributed by atoms with van der Waals surface area (Å²) in [5.41, 5.74) is 0.0392. The monoisotopic (exact) mass is 382 g/mol. The van der Waals surface area contributed by atoms with Gasteiger partial charge in [-0.25, -0.2) is 0 Å². The van der Waals surface area contributed by atoms with Crippen molar-refractivity contribution in [2.45, 2.75) is 77.4 Å². The number of hydrogen-bond donors (Lipinski definition) is 2. The fourth-order valence-corrected chi connectivity index (χ4v) is 3.17. The number of carbonyl (C=O) groups is 1. The zero-order valence-corrected chi connectivity index (χ0v) is 16.5. The molecule has 0 bridgehead atoms. The van der Waals surface area contributed by atoms with E-state index in [1.54, 1.807) is 0 Å². The lowest BCUT2D eigenvalue weighted by Gasteiger charge is -2.28. The molecule has 0 spiro atoms. The fourth-order valence-electron chi connectivity index (χ4n) is 3.17. The van der Waals surface area contributed by atoms with Crippen molar-refractivity contribution in [1.29, 1.82) is 0 Å². The summed E-state index contributed by atoms with van der Waals surface area (Å²) in [5.74, 6) is 0.809. The third kappa shape index (κ3) is 14.0. The van der Waals surface area contributed by atoms with Gasteiger partial charge in [-0.1, -0.05) is 51.0 Å². The zero-order chi connectivity index (χ0) is 20.5. The summed E-state index contributed by atoms with van der Waals surface area (Å²) >= 11 is 0. The van der Waals surface area contributed by atoms with Gasteiger partial charge in [-0.15, -0.1) is 0 Å². The maximum atomic E-state index is 10.1. The normalized spacial score (nSPS) is 32.8. The van der Waals surface area contributed by atoms with E-state index in [-0.39, 0.29) is 23.8 Å². The number of hydrogen-bond acceptors (Lipinski definition) is 6. The molecule has 0 radical (unpaired) electrons. The maximum absolute atomic E-state index is 10.1. The molecule has 0 aromatic heterocycles. The van der Waals surface area contributed by atoms with Crippen molar-refractivity contribution in [3.05, 3.63) is 24.3 Å². The van der Waals surface area contributed by atoms with Crippen molar-refractivity contribution in [3.8, 4) is 0 Å². The van der Waals surface area contributed by atoms with E-state index < -0.39 is 0 Å². The number of allylic oxidation sites excluding steroid dienone is 2. The predicted molar refractivity (Wildman–Crippen MR) is 102 cm³/mol. The molecule has 4 unspecified atom stereocenters. The van der Waals surface area contributed by atoms with E-state index in [4.69, 9.17) is 14.3 Å². The molecule has 0 fully saturated rings. The van der Waals surface area contributed by atoms with Crippen LogP contribution in [0.4, 0.5) is 0 Å². The molecule has 0 saturated carbocycles. The van der Waals surface area contributed by atoms with Crippen LogP contribution in [0.15, 0.2) is 24.3 Å². The minimum Gasteiger partial charge on any atom is -0.467 e. The van der Waals surface area contributed by atoms with Crippen molar-refractivity contribution in [1.82, 2.24) is 0 Å². The lowest BCUT2D eigenvalue weighted by Crippen LogP contribution is -2.24. The fraction of sp³-hybridized carbons (Fsp3) is 0.714. The van der Waals surface area contributed by atoms with Crippen LogP contribution >= 0.6 is 0 Å². The molecule has 0 saturated heterocycles. The molecule has 2 N–H and O–H groups in total. The van der Waals surface area contributed by atoms with Gasteiger partial charge in [-0.05, 0) is 44.4 Å². The van der Waals surface area contributed by atoms with Gasteiger partial charge in [-0.2, -0.15) is 9.59 Å². The van der Waals surface area contributed by atoms with Crippen molar-refractivity contribution >= 4 is 12.6 Å². The summed E-state index contributed by atoms with van der Waals surface area (Å²) in [6.45, 7) is 5.35. The van der Waals surface area contributed by atoms with Crippen LogP contribution in [0.25, 0.3) is 0 Å². The molecule has 154 valence electrons. The summed E-state index contributed by atoms with van der Waals surface area (Å²) < 4.78 is 4.82. The molecule has 0 amide bonds. The summed E-state index contributed by atoms with van der Waals surface area (Å²) in [7, 11) is 0. The van der Waals surface area contributed by atoms with E-state index in [9.17, 15) is 15.0 Å². The number of carbonyl (C=O) groups excluding carboxylic acids is 3. The highest BCUT2D eigenvalue weighted by Crippen LogP contribution is 2.31. The number of aliphatic hydroxyl groups is 2. The van der Waals surface area contributed by atoms with Gasteiger partial charge in [0.05, 0.1) is 18.8 Å². The quantitative estimate of drug-likeness (QED) is 0.574. The summed E-state index contributed by atoms with van der Waals surface area (Å²) in [5, 5.41) is 18.6. The first kappa shape index (κ1) is 25.2. The van der Waals surface area contributed by atoms with Crippen LogP contribution in [0, 0.1) is 11.3 Å². The summed E-state index contributed by atoms with van der Waals surface area (Å²) in [4.78, 5) is 26.4. The summed E-state index contributed by atoms with van der Waals surface area (Å²) in [6, 6.07) is 0. The Kier molecular flexibility index (Phi) is 14.3. The van der Waals surface area contributed by atoms with Gasteiger partial charge < -0.3 is 14.9 Å². The second-order valence-corrected chi connectivity index (χ2v) is 7.66. The van der Waals surface area contributed by atoms with Gasteiger partial charge in [0.15, 0.2) is 0 Å². The van der Waals surface area contributed by atoms with Crippen molar-refractivity contribution in [3.63, 3.8) is 0 Å². The Morgan fingerprint density at radius 2 is 1.70 bits per heavy atom. The first-order valence-electron chi connectivity index (χ1n) is 9.61. The Bertz CT molecular complexity index is 481. The molecule has 4 atom stereocenters. The van der Waals surface area contributed by atoms with Gasteiger partial charge in [0, 0.05) is 5.41 Å². The molecular formula is C21H34O6. The van der Waals surface area contributed by atoms with Crippen LogP contribution in [0.5, 0.6) is 0 Å². The second kappa shape index (κ2) is 15.3. The Morgan fingerprint density at radius 1 is 1.11 bits per heavy atom. The molecule has 2 rings (SSSR count). The molecule has 0 aromatic carbocycles. The minimum atomic E-state index is -0.300. The Balaban J connectivity index is 0.000000455. The van der Waals surface area contributed by atoms with E-state index >= 15 is 0 Å². The average molecular weight is 382 g/mol. The lowest BCUT2D eigenvalue weighted by atomic mass is 9.80.